The van der Waals surface area contributed by atoms with E-state index in [-0.39, 0.29) is 0 Å². The van der Waals surface area contributed by atoms with Crippen molar-refractivity contribution in [2.24, 2.45) is 0 Å². The third-order valence-corrected chi connectivity index (χ3v) is 3.91. The Labute approximate surface area is 112 Å². The number of nitrogens with zero attached hydrogens (tertiary/aromatic N) is 1. The van der Waals surface area contributed by atoms with Crippen LogP contribution in [-0.4, -0.2) is 8.99 Å². The van der Waals surface area contributed by atoms with Gasteiger partial charge in [-0.25, -0.2) is 0 Å². The lowest BCUT2D eigenvalue weighted by molar-refractivity contribution is 0.714. The third-order valence-electron chi connectivity index (χ3n) is 2.35. The molecule has 0 radical (unpaired) electrons. The number of hydrogen-bond acceptors (Lipinski definition) is 0. The SMILES string of the molecule is Clc1ccc2ccn(CCCI)c2c1Cl. The number of hydrogen-bond donors (Lipinski definition) is 0. The van der Waals surface area contributed by atoms with Crippen LogP contribution >= 0.6 is 45.8 Å². The number of alkyl halides is 1. The number of fused-ring (bicyclic) bond motifs is 1. The monoisotopic (exact) mass is 353 g/mol. The fraction of sp³-hybridized carbons (Fsp3) is 0.273. The molecule has 0 aliphatic carbocycles. The lowest BCUT2D eigenvalue weighted by atomic mass is 10.2. The van der Waals surface area contributed by atoms with Crippen molar-refractivity contribution in [3.05, 3.63) is 34.4 Å². The van der Waals surface area contributed by atoms with E-state index in [1.165, 1.54) is 0 Å². The molecule has 0 amide bonds. The maximum absolute atomic E-state index is 6.20. The molecule has 0 fully saturated rings. The average molecular weight is 354 g/mol. The molecule has 0 atom stereocenters. The van der Waals surface area contributed by atoms with E-state index in [2.05, 4.69) is 39.4 Å². The van der Waals surface area contributed by atoms with Gasteiger partial charge < -0.3 is 4.57 Å². The van der Waals surface area contributed by atoms with E-state index in [0.717, 1.165) is 28.3 Å². The molecular weight excluding hydrogens is 344 g/mol. The van der Waals surface area contributed by atoms with Crippen molar-refractivity contribution in [1.29, 1.82) is 0 Å². The smallest absolute Gasteiger partial charge is 0.0835 e. The number of aryl methyl sites for hydroxylation is 1. The van der Waals surface area contributed by atoms with Crippen LogP contribution in [0.3, 0.4) is 0 Å². The molecule has 2 rings (SSSR count). The molecule has 1 aromatic carbocycles. The first-order valence-electron chi connectivity index (χ1n) is 4.73. The zero-order valence-electron chi connectivity index (χ0n) is 8.01. The summed E-state index contributed by atoms with van der Waals surface area (Å²) in [6.07, 6.45) is 3.21. The molecule has 1 aromatic heterocycles. The molecule has 0 bridgehead atoms. The lowest BCUT2D eigenvalue weighted by Crippen LogP contribution is -1.96. The van der Waals surface area contributed by atoms with Crippen molar-refractivity contribution in [3.8, 4) is 0 Å². The predicted molar refractivity (Wildman–Crippen MR) is 75.5 cm³/mol. The molecule has 2 aromatic rings. The van der Waals surface area contributed by atoms with Gasteiger partial charge in [0, 0.05) is 22.6 Å². The first kappa shape index (κ1) is 11.6. The van der Waals surface area contributed by atoms with Crippen LogP contribution in [-0.2, 0) is 6.54 Å². The number of aromatic nitrogens is 1. The lowest BCUT2D eigenvalue weighted by Gasteiger charge is -2.06. The van der Waals surface area contributed by atoms with Crippen molar-refractivity contribution in [3.63, 3.8) is 0 Å². The topological polar surface area (TPSA) is 4.93 Å². The minimum Gasteiger partial charge on any atom is -0.346 e. The summed E-state index contributed by atoms with van der Waals surface area (Å²) in [5.41, 5.74) is 1.05. The van der Waals surface area contributed by atoms with E-state index in [9.17, 15) is 0 Å². The molecule has 0 aliphatic heterocycles. The molecule has 0 saturated heterocycles. The van der Waals surface area contributed by atoms with Crippen molar-refractivity contribution in [2.45, 2.75) is 13.0 Å². The molecule has 0 spiro atoms. The Bertz CT molecular complexity index is 479. The van der Waals surface area contributed by atoms with Gasteiger partial charge in [0.05, 0.1) is 15.6 Å². The molecule has 0 N–H and O–H groups in total. The maximum atomic E-state index is 6.20. The predicted octanol–water partition coefficient (Wildman–Crippen LogP) is 4.77. The van der Waals surface area contributed by atoms with Crippen molar-refractivity contribution >= 4 is 56.7 Å². The van der Waals surface area contributed by atoms with E-state index in [0.29, 0.717) is 10.0 Å². The largest absolute Gasteiger partial charge is 0.346 e. The molecular formula is C11H10Cl2IN. The van der Waals surface area contributed by atoms with Crippen molar-refractivity contribution in [1.82, 2.24) is 4.57 Å². The van der Waals surface area contributed by atoms with Crippen molar-refractivity contribution < 1.29 is 0 Å². The normalized spacial score (nSPS) is 11.1. The van der Waals surface area contributed by atoms with Gasteiger partial charge in [-0.15, -0.1) is 0 Å². The van der Waals surface area contributed by atoms with Crippen LogP contribution < -0.4 is 0 Å². The van der Waals surface area contributed by atoms with Gasteiger partial charge in [-0.1, -0.05) is 51.9 Å². The molecule has 80 valence electrons. The minimum absolute atomic E-state index is 0.624. The van der Waals surface area contributed by atoms with Gasteiger partial charge in [0.1, 0.15) is 0 Å². The van der Waals surface area contributed by atoms with E-state index < -0.39 is 0 Å². The van der Waals surface area contributed by atoms with Gasteiger partial charge in [0.2, 0.25) is 0 Å². The van der Waals surface area contributed by atoms with Crippen LogP contribution in [0.15, 0.2) is 24.4 Å². The highest BCUT2D eigenvalue weighted by Crippen LogP contribution is 2.31. The summed E-state index contributed by atoms with van der Waals surface area (Å²) in [4.78, 5) is 0. The summed E-state index contributed by atoms with van der Waals surface area (Å²) >= 11 is 14.6. The van der Waals surface area contributed by atoms with Gasteiger partial charge in [0.25, 0.3) is 0 Å². The fourth-order valence-corrected chi connectivity index (χ4v) is 2.42. The first-order valence-corrected chi connectivity index (χ1v) is 7.01. The summed E-state index contributed by atoms with van der Waals surface area (Å²) in [6, 6.07) is 5.92. The Morgan fingerprint density at radius 3 is 2.73 bits per heavy atom. The number of benzene rings is 1. The van der Waals surface area contributed by atoms with Crippen LogP contribution in [0, 0.1) is 0 Å². The second-order valence-electron chi connectivity index (χ2n) is 3.35. The van der Waals surface area contributed by atoms with E-state index in [1.807, 2.05) is 12.1 Å². The van der Waals surface area contributed by atoms with E-state index in [4.69, 9.17) is 23.2 Å². The second-order valence-corrected chi connectivity index (χ2v) is 5.21. The average Bonchev–Trinajstić information content (AvgIpc) is 2.64. The Kier molecular flexibility index (Phi) is 3.80. The minimum atomic E-state index is 0.624. The van der Waals surface area contributed by atoms with Gasteiger partial charge >= 0.3 is 0 Å². The Morgan fingerprint density at radius 1 is 1.20 bits per heavy atom. The zero-order valence-corrected chi connectivity index (χ0v) is 11.7. The number of rotatable bonds is 3. The molecule has 4 heteroatoms. The molecule has 15 heavy (non-hydrogen) atoms. The van der Waals surface area contributed by atoms with Crippen LogP contribution in [0.5, 0.6) is 0 Å². The molecule has 0 aliphatic rings. The summed E-state index contributed by atoms with van der Waals surface area (Å²) in [6.45, 7) is 0.993. The summed E-state index contributed by atoms with van der Waals surface area (Å²) in [5.74, 6) is 0. The van der Waals surface area contributed by atoms with Crippen LogP contribution in [0.1, 0.15) is 6.42 Å². The molecule has 0 unspecified atom stereocenters. The van der Waals surface area contributed by atoms with Crippen LogP contribution in [0.2, 0.25) is 10.0 Å². The number of halogens is 3. The highest BCUT2D eigenvalue weighted by molar-refractivity contribution is 14.1. The van der Waals surface area contributed by atoms with Gasteiger partial charge in [-0.05, 0) is 18.6 Å². The fourth-order valence-electron chi connectivity index (χ4n) is 1.64. The molecule has 1 nitrogen and oxygen atoms in total. The standard InChI is InChI=1S/C11H10Cl2IN/c12-9-3-2-8-4-7-15(6-1-5-14)11(8)10(9)13/h2-4,7H,1,5-6H2. The Hall–Kier alpha value is 0.0700. The highest BCUT2D eigenvalue weighted by Gasteiger charge is 2.08. The van der Waals surface area contributed by atoms with Crippen molar-refractivity contribution in [2.75, 3.05) is 4.43 Å². The Balaban J connectivity index is 2.51. The van der Waals surface area contributed by atoms with E-state index >= 15 is 0 Å². The maximum Gasteiger partial charge on any atom is 0.0835 e. The molecule has 0 saturated carbocycles. The van der Waals surface area contributed by atoms with Crippen LogP contribution in [0.25, 0.3) is 10.9 Å². The third kappa shape index (κ3) is 2.27. The van der Waals surface area contributed by atoms with Gasteiger partial charge in [0.15, 0.2) is 0 Å². The zero-order chi connectivity index (χ0) is 10.8. The summed E-state index contributed by atoms with van der Waals surface area (Å²) in [5, 5.41) is 2.43. The second kappa shape index (κ2) is 4.93. The summed E-state index contributed by atoms with van der Waals surface area (Å²) < 4.78 is 3.32. The van der Waals surface area contributed by atoms with Gasteiger partial charge in [-0.2, -0.15) is 0 Å². The van der Waals surface area contributed by atoms with Gasteiger partial charge in [-0.3, -0.25) is 0 Å². The quantitative estimate of drug-likeness (QED) is 0.553. The first-order chi connectivity index (χ1) is 7.24. The Morgan fingerprint density at radius 2 is 2.00 bits per heavy atom. The van der Waals surface area contributed by atoms with Crippen LogP contribution in [0.4, 0.5) is 0 Å². The summed E-state index contributed by atoms with van der Waals surface area (Å²) in [7, 11) is 0. The highest BCUT2D eigenvalue weighted by atomic mass is 127. The van der Waals surface area contributed by atoms with E-state index in [1.54, 1.807) is 0 Å². The molecule has 1 heterocycles.